The minimum atomic E-state index is -0.417. The Kier molecular flexibility index (Phi) is 7.13. The Balaban J connectivity index is 0.000000219. The van der Waals surface area contributed by atoms with Crippen molar-refractivity contribution >= 4 is 11.7 Å². The van der Waals surface area contributed by atoms with Gasteiger partial charge < -0.3 is 4.74 Å². The van der Waals surface area contributed by atoms with Crippen LogP contribution in [0.5, 0.6) is 0 Å². The Morgan fingerprint density at radius 3 is 2.19 bits per heavy atom. The third-order valence-corrected chi connectivity index (χ3v) is 2.55. The predicted octanol–water partition coefficient (Wildman–Crippen LogP) is 2.13. The number of benzene rings is 1. The molecule has 0 bridgehead atoms. The highest BCUT2D eigenvalue weighted by Gasteiger charge is 2.04. The summed E-state index contributed by atoms with van der Waals surface area (Å²) >= 11 is 0. The molecule has 2 aromatic rings. The van der Waals surface area contributed by atoms with Crippen LogP contribution >= 0.6 is 0 Å². The predicted molar refractivity (Wildman–Crippen MR) is 76.4 cm³/mol. The second-order valence-corrected chi connectivity index (χ2v) is 4.03. The smallest absolute Gasteiger partial charge is 0.311 e. The first kappa shape index (κ1) is 16.3. The Morgan fingerprint density at radius 2 is 1.71 bits per heavy atom. The standard InChI is InChI=1S/C9H12NO2.C6H5NO2/c1-12-9(11)5-8-10-6-3-2-4-7-10;8-7(9)6-4-2-1-3-5-6/h2-4,6-7H,5,8H2,1H3;1-5H/q+1;. The number of carbonyl (C=O) groups is 1. The normalized spacial score (nSPS) is 9.19. The molecule has 6 heteroatoms. The molecule has 1 aromatic heterocycles. The van der Waals surface area contributed by atoms with Gasteiger partial charge in [0.25, 0.3) is 5.69 Å². The highest BCUT2D eigenvalue weighted by atomic mass is 16.6. The number of aromatic nitrogens is 1. The summed E-state index contributed by atoms with van der Waals surface area (Å²) in [4.78, 5) is 20.3. The number of methoxy groups -OCH3 is 1. The highest BCUT2D eigenvalue weighted by Crippen LogP contribution is 2.06. The van der Waals surface area contributed by atoms with E-state index in [2.05, 4.69) is 4.74 Å². The van der Waals surface area contributed by atoms with E-state index < -0.39 is 4.92 Å². The molecule has 0 radical (unpaired) electrons. The lowest BCUT2D eigenvalue weighted by atomic mass is 10.3. The van der Waals surface area contributed by atoms with Crippen LogP contribution in [0.3, 0.4) is 0 Å². The number of carbonyl (C=O) groups excluding carboxylic acids is 1. The number of pyridine rings is 1. The van der Waals surface area contributed by atoms with E-state index >= 15 is 0 Å². The maximum absolute atomic E-state index is 10.7. The molecule has 21 heavy (non-hydrogen) atoms. The number of nitro groups is 1. The van der Waals surface area contributed by atoms with Crippen molar-refractivity contribution in [3.05, 3.63) is 71.0 Å². The number of non-ortho nitro benzene ring substituents is 1. The molecule has 0 fully saturated rings. The molecule has 0 aliphatic rings. The van der Waals surface area contributed by atoms with E-state index in [-0.39, 0.29) is 11.7 Å². The zero-order chi connectivity index (χ0) is 15.5. The molecule has 0 saturated carbocycles. The Morgan fingerprint density at radius 1 is 1.14 bits per heavy atom. The van der Waals surface area contributed by atoms with E-state index in [0.717, 1.165) is 0 Å². The van der Waals surface area contributed by atoms with E-state index in [0.29, 0.717) is 13.0 Å². The van der Waals surface area contributed by atoms with Crippen LogP contribution in [0.2, 0.25) is 0 Å². The van der Waals surface area contributed by atoms with E-state index in [1.807, 2.05) is 35.2 Å². The summed E-state index contributed by atoms with van der Waals surface area (Å²) in [5, 5.41) is 10.0. The van der Waals surface area contributed by atoms with Gasteiger partial charge in [-0.2, -0.15) is 0 Å². The van der Waals surface area contributed by atoms with Gasteiger partial charge in [-0.1, -0.05) is 24.3 Å². The molecule has 1 aromatic carbocycles. The second-order valence-electron chi connectivity index (χ2n) is 4.03. The maximum atomic E-state index is 10.7. The van der Waals surface area contributed by atoms with Crippen molar-refractivity contribution in [1.82, 2.24) is 0 Å². The second kappa shape index (κ2) is 9.19. The number of hydrogen-bond donors (Lipinski definition) is 0. The molecule has 0 spiro atoms. The number of esters is 1. The quantitative estimate of drug-likeness (QED) is 0.374. The molecular formula is C15H17N2O4+. The zero-order valence-corrected chi connectivity index (χ0v) is 11.7. The van der Waals surface area contributed by atoms with Crippen LogP contribution in [0.15, 0.2) is 60.9 Å². The lowest BCUT2D eigenvalue weighted by Crippen LogP contribution is -2.33. The van der Waals surface area contributed by atoms with Gasteiger partial charge in [-0.25, -0.2) is 4.57 Å². The maximum Gasteiger partial charge on any atom is 0.311 e. The van der Waals surface area contributed by atoms with Crippen LogP contribution in [0.25, 0.3) is 0 Å². The van der Waals surface area contributed by atoms with Gasteiger partial charge in [0.1, 0.15) is 6.42 Å². The summed E-state index contributed by atoms with van der Waals surface area (Å²) in [6.07, 6.45) is 4.26. The molecule has 0 saturated heterocycles. The van der Waals surface area contributed by atoms with Gasteiger partial charge in [-0.3, -0.25) is 14.9 Å². The van der Waals surface area contributed by atoms with E-state index in [1.165, 1.54) is 19.2 Å². The lowest BCUT2D eigenvalue weighted by Gasteiger charge is -1.95. The molecule has 0 aliphatic heterocycles. The summed E-state index contributed by atoms with van der Waals surface area (Å²) in [5.74, 6) is -0.175. The van der Waals surface area contributed by atoms with Crippen molar-refractivity contribution in [3.8, 4) is 0 Å². The van der Waals surface area contributed by atoms with E-state index in [1.54, 1.807) is 18.2 Å². The van der Waals surface area contributed by atoms with Crippen LogP contribution in [0.1, 0.15) is 6.42 Å². The highest BCUT2D eigenvalue weighted by molar-refractivity contribution is 5.68. The van der Waals surface area contributed by atoms with Crippen molar-refractivity contribution in [2.45, 2.75) is 13.0 Å². The van der Waals surface area contributed by atoms with Crippen molar-refractivity contribution in [2.75, 3.05) is 7.11 Å². The van der Waals surface area contributed by atoms with Gasteiger partial charge in [-0.15, -0.1) is 0 Å². The third-order valence-electron chi connectivity index (χ3n) is 2.55. The van der Waals surface area contributed by atoms with Crippen molar-refractivity contribution in [3.63, 3.8) is 0 Å². The minimum Gasteiger partial charge on any atom is -0.469 e. The number of nitro benzene ring substituents is 1. The largest absolute Gasteiger partial charge is 0.469 e. The summed E-state index contributed by atoms with van der Waals surface area (Å²) in [6.45, 7) is 0.674. The summed E-state index contributed by atoms with van der Waals surface area (Å²) in [6, 6.07) is 13.7. The first-order valence-corrected chi connectivity index (χ1v) is 6.34. The van der Waals surface area contributed by atoms with Gasteiger partial charge >= 0.3 is 5.97 Å². The zero-order valence-electron chi connectivity index (χ0n) is 11.7. The Bertz CT molecular complexity index is 558. The van der Waals surface area contributed by atoms with Crippen molar-refractivity contribution < 1.29 is 19.0 Å². The van der Waals surface area contributed by atoms with Gasteiger partial charge in [0.05, 0.1) is 12.0 Å². The summed E-state index contributed by atoms with van der Waals surface area (Å²) in [7, 11) is 1.40. The number of nitrogens with zero attached hydrogens (tertiary/aromatic N) is 2. The fourth-order valence-corrected chi connectivity index (χ4v) is 1.46. The van der Waals surface area contributed by atoms with E-state index in [4.69, 9.17) is 0 Å². The molecule has 0 amide bonds. The first-order valence-electron chi connectivity index (χ1n) is 6.34. The fraction of sp³-hybridized carbons (Fsp3) is 0.200. The van der Waals surface area contributed by atoms with Crippen LogP contribution in [-0.4, -0.2) is 18.0 Å². The van der Waals surface area contributed by atoms with Crippen LogP contribution in [0.4, 0.5) is 5.69 Å². The molecule has 6 nitrogen and oxygen atoms in total. The SMILES string of the molecule is COC(=O)CC[n+]1ccccc1.O=[N+]([O-])c1ccccc1. The number of rotatable bonds is 4. The van der Waals surface area contributed by atoms with Gasteiger partial charge in [0.2, 0.25) is 0 Å². The van der Waals surface area contributed by atoms with Gasteiger partial charge in [0.15, 0.2) is 18.9 Å². The number of ether oxygens (including phenoxy) is 1. The Labute approximate surface area is 122 Å². The monoisotopic (exact) mass is 289 g/mol. The average molecular weight is 289 g/mol. The van der Waals surface area contributed by atoms with Crippen LogP contribution < -0.4 is 4.57 Å². The average Bonchev–Trinajstić information content (AvgIpc) is 2.55. The molecular weight excluding hydrogens is 272 g/mol. The molecule has 0 N–H and O–H groups in total. The summed E-state index contributed by atoms with van der Waals surface area (Å²) < 4.78 is 6.46. The van der Waals surface area contributed by atoms with Crippen LogP contribution in [0, 0.1) is 10.1 Å². The molecule has 1 heterocycles. The molecule has 110 valence electrons. The topological polar surface area (TPSA) is 73.3 Å². The lowest BCUT2D eigenvalue weighted by molar-refractivity contribution is -0.696. The number of hydrogen-bond acceptors (Lipinski definition) is 4. The first-order chi connectivity index (χ1) is 10.1. The molecule has 0 unspecified atom stereocenters. The van der Waals surface area contributed by atoms with Gasteiger partial charge in [-0.05, 0) is 0 Å². The van der Waals surface area contributed by atoms with Crippen molar-refractivity contribution in [2.24, 2.45) is 0 Å². The van der Waals surface area contributed by atoms with E-state index in [9.17, 15) is 14.9 Å². The number of para-hydroxylation sites is 1. The molecule has 0 aliphatic carbocycles. The summed E-state index contributed by atoms with van der Waals surface area (Å²) in [5.41, 5.74) is 0.137. The third kappa shape index (κ3) is 6.81. The van der Waals surface area contributed by atoms with Crippen LogP contribution in [-0.2, 0) is 16.1 Å². The molecule has 2 rings (SSSR count). The minimum absolute atomic E-state index is 0.137. The molecule has 0 atom stereocenters. The van der Waals surface area contributed by atoms with Crippen molar-refractivity contribution in [1.29, 1.82) is 0 Å². The fourth-order valence-electron chi connectivity index (χ4n) is 1.46. The van der Waals surface area contributed by atoms with Gasteiger partial charge in [0, 0.05) is 24.3 Å². The number of aryl methyl sites for hydroxylation is 1. The Hall–Kier alpha value is -2.76.